The number of rotatable bonds is 11. The molecule has 4 aromatic carbocycles. The van der Waals surface area contributed by atoms with Crippen LogP contribution in [0.1, 0.15) is 65.1 Å². The number of sulfone groups is 1. The molecule has 0 spiro atoms. The molecule has 0 aliphatic heterocycles. The predicted octanol–water partition coefficient (Wildman–Crippen LogP) is 6.82. The Morgan fingerprint density at radius 1 is 0.850 bits per heavy atom. The number of amides is 1. The quantitative estimate of drug-likeness (QED) is 0.204. The third kappa shape index (κ3) is 7.09. The Morgan fingerprint density at radius 2 is 1.45 bits per heavy atom. The highest BCUT2D eigenvalue weighted by molar-refractivity contribution is 7.90. The summed E-state index contributed by atoms with van der Waals surface area (Å²) in [5.41, 5.74) is 3.75. The highest BCUT2D eigenvalue weighted by Gasteiger charge is 2.27. The van der Waals surface area contributed by atoms with Crippen LogP contribution < -0.4 is 5.32 Å². The van der Waals surface area contributed by atoms with Gasteiger partial charge >= 0.3 is 5.97 Å². The van der Waals surface area contributed by atoms with Crippen molar-refractivity contribution in [1.82, 2.24) is 5.32 Å². The van der Waals surface area contributed by atoms with Crippen molar-refractivity contribution in [2.24, 2.45) is 0 Å². The smallest absolute Gasteiger partial charge is 0.305 e. The van der Waals surface area contributed by atoms with Crippen LogP contribution in [0.5, 0.6) is 0 Å². The molecule has 8 heteroatoms. The van der Waals surface area contributed by atoms with Crippen LogP contribution in [0.3, 0.4) is 0 Å². The molecule has 0 bridgehead atoms. The summed E-state index contributed by atoms with van der Waals surface area (Å²) in [6.07, 6.45) is 2.91. The van der Waals surface area contributed by atoms with E-state index in [2.05, 4.69) is 24.4 Å². The zero-order valence-corrected chi connectivity index (χ0v) is 24.0. The Kier molecular flexibility index (Phi) is 9.28. The lowest BCUT2D eigenvalue weighted by Gasteiger charge is -2.29. The van der Waals surface area contributed by atoms with Gasteiger partial charge in [0.2, 0.25) is 0 Å². The maximum atomic E-state index is 12.5. The Labute approximate surface area is 239 Å². The van der Waals surface area contributed by atoms with Crippen LogP contribution in [-0.2, 0) is 14.6 Å². The van der Waals surface area contributed by atoms with Crippen LogP contribution in [0.25, 0.3) is 10.8 Å². The molecule has 6 nitrogen and oxygen atoms in total. The number of hydrogen-bond acceptors (Lipinski definition) is 4. The first-order valence-corrected chi connectivity index (χ1v) is 15.4. The second kappa shape index (κ2) is 12.7. The summed E-state index contributed by atoms with van der Waals surface area (Å²) < 4.78 is 24.1. The largest absolute Gasteiger partial charge is 0.481 e. The van der Waals surface area contributed by atoms with Gasteiger partial charge in [-0.15, -0.1) is 0 Å². The summed E-state index contributed by atoms with van der Waals surface area (Å²) in [5, 5.41) is 13.9. The van der Waals surface area contributed by atoms with Crippen LogP contribution in [0, 0.1) is 0 Å². The van der Waals surface area contributed by atoms with Gasteiger partial charge in [-0.25, -0.2) is 8.42 Å². The lowest BCUT2D eigenvalue weighted by atomic mass is 9.74. The molecule has 40 heavy (non-hydrogen) atoms. The molecule has 0 aromatic heterocycles. The molecule has 4 rings (SSSR count). The van der Waals surface area contributed by atoms with Crippen molar-refractivity contribution in [3.8, 4) is 0 Å². The maximum Gasteiger partial charge on any atom is 0.305 e. The average molecular weight is 578 g/mol. The highest BCUT2D eigenvalue weighted by atomic mass is 35.5. The van der Waals surface area contributed by atoms with Crippen molar-refractivity contribution >= 4 is 44.1 Å². The molecule has 0 aliphatic carbocycles. The van der Waals surface area contributed by atoms with Crippen molar-refractivity contribution in [3.63, 3.8) is 0 Å². The molecule has 4 aromatic rings. The number of carbonyl (C=O) groups excluding carboxylic acids is 1. The van der Waals surface area contributed by atoms with Crippen molar-refractivity contribution in [2.45, 2.75) is 42.9 Å². The van der Waals surface area contributed by atoms with E-state index in [0.29, 0.717) is 10.6 Å². The van der Waals surface area contributed by atoms with E-state index in [4.69, 9.17) is 16.7 Å². The van der Waals surface area contributed by atoms with E-state index in [1.54, 1.807) is 24.3 Å². The topological polar surface area (TPSA) is 101 Å². The molecular weight excluding hydrogens is 546 g/mol. The number of carbonyl (C=O) groups is 2. The van der Waals surface area contributed by atoms with E-state index >= 15 is 0 Å². The second-order valence-corrected chi connectivity index (χ2v) is 12.4. The molecule has 0 fully saturated rings. The van der Waals surface area contributed by atoms with Crippen molar-refractivity contribution < 1.29 is 23.1 Å². The van der Waals surface area contributed by atoms with E-state index in [1.807, 2.05) is 48.5 Å². The number of halogens is 1. The van der Waals surface area contributed by atoms with Gasteiger partial charge < -0.3 is 10.4 Å². The molecule has 1 amide bonds. The number of aliphatic carboxylic acids is 1. The van der Waals surface area contributed by atoms with Gasteiger partial charge in [-0.3, -0.25) is 9.59 Å². The van der Waals surface area contributed by atoms with Crippen LogP contribution in [0.2, 0.25) is 5.02 Å². The van der Waals surface area contributed by atoms with E-state index in [0.717, 1.165) is 40.3 Å². The highest BCUT2D eigenvalue weighted by Crippen LogP contribution is 2.42. The standard InChI is InChI=1S/C32H32ClNO5S/c1-3-4-29(21-5-7-23(8-6-21)32(37)34-18-17-30(35)36)31(22-11-14-27(33)15-12-22)26-10-9-25-20-28(40(2,38)39)16-13-24(25)19-26/h5-16,19-20,29,31H,3-4,17-18H2,1-2H3,(H,34,37)(H,35,36). The maximum absolute atomic E-state index is 12.5. The van der Waals surface area contributed by atoms with E-state index in [1.165, 1.54) is 6.26 Å². The van der Waals surface area contributed by atoms with Gasteiger partial charge in [0.15, 0.2) is 9.84 Å². The number of benzene rings is 4. The minimum Gasteiger partial charge on any atom is -0.481 e. The first kappa shape index (κ1) is 29.3. The minimum absolute atomic E-state index is 0.0218. The van der Waals surface area contributed by atoms with E-state index in [-0.39, 0.29) is 35.6 Å². The fraction of sp³-hybridized carbons (Fsp3) is 0.250. The molecular formula is C32H32ClNO5S. The van der Waals surface area contributed by atoms with Gasteiger partial charge in [0.1, 0.15) is 0 Å². The lowest BCUT2D eigenvalue weighted by molar-refractivity contribution is -0.136. The number of hydrogen-bond donors (Lipinski definition) is 2. The van der Waals surface area contributed by atoms with E-state index in [9.17, 15) is 18.0 Å². The first-order chi connectivity index (χ1) is 19.1. The normalized spacial score (nSPS) is 13.1. The van der Waals surface area contributed by atoms with Crippen molar-refractivity contribution in [3.05, 3.63) is 112 Å². The first-order valence-electron chi connectivity index (χ1n) is 13.2. The average Bonchev–Trinajstić information content (AvgIpc) is 2.92. The number of fused-ring (bicyclic) bond motifs is 1. The summed E-state index contributed by atoms with van der Waals surface area (Å²) >= 11 is 6.23. The van der Waals surface area contributed by atoms with Gasteiger partial charge in [-0.2, -0.15) is 0 Å². The summed E-state index contributed by atoms with van der Waals surface area (Å²) in [6.45, 7) is 2.21. The molecule has 2 N–H and O–H groups in total. The van der Waals surface area contributed by atoms with Crippen molar-refractivity contribution in [1.29, 1.82) is 0 Å². The molecule has 0 radical (unpaired) electrons. The second-order valence-electron chi connectivity index (χ2n) is 9.99. The zero-order chi connectivity index (χ0) is 28.9. The monoisotopic (exact) mass is 577 g/mol. The summed E-state index contributed by atoms with van der Waals surface area (Å²) in [6, 6.07) is 26.7. The third-order valence-electron chi connectivity index (χ3n) is 7.08. The number of nitrogens with one attached hydrogen (secondary N) is 1. The molecule has 0 aliphatic rings. The molecule has 0 saturated heterocycles. The van der Waals surface area contributed by atoms with Gasteiger partial charge in [0, 0.05) is 29.3 Å². The SMILES string of the molecule is CCCC(c1ccc(C(=O)NCCC(=O)O)cc1)C(c1ccc(Cl)cc1)c1ccc2cc(S(C)(=O)=O)ccc2c1. The Morgan fingerprint density at radius 3 is 2.08 bits per heavy atom. The summed E-state index contributed by atoms with van der Waals surface area (Å²) in [5.74, 6) is -1.21. The minimum atomic E-state index is -3.31. The van der Waals surface area contributed by atoms with Crippen LogP contribution in [0.4, 0.5) is 0 Å². The number of carboxylic acids is 1. The Hall–Kier alpha value is -3.68. The van der Waals surface area contributed by atoms with Crippen LogP contribution in [0.15, 0.2) is 89.8 Å². The zero-order valence-electron chi connectivity index (χ0n) is 22.4. The van der Waals surface area contributed by atoms with Gasteiger partial charge in [0.05, 0.1) is 11.3 Å². The van der Waals surface area contributed by atoms with Gasteiger partial charge in [-0.05, 0) is 76.2 Å². The third-order valence-corrected chi connectivity index (χ3v) is 8.44. The molecule has 2 atom stereocenters. The molecule has 2 unspecified atom stereocenters. The van der Waals surface area contributed by atoms with Crippen molar-refractivity contribution in [2.75, 3.05) is 12.8 Å². The molecule has 0 saturated carbocycles. The Balaban J connectivity index is 1.74. The summed E-state index contributed by atoms with van der Waals surface area (Å²) in [4.78, 5) is 23.5. The fourth-order valence-corrected chi connectivity index (χ4v) is 5.88. The lowest BCUT2D eigenvalue weighted by Crippen LogP contribution is -2.26. The van der Waals surface area contributed by atoms with E-state index < -0.39 is 15.8 Å². The Bertz CT molecular complexity index is 1620. The van der Waals surface area contributed by atoms with Gasteiger partial charge in [-0.1, -0.05) is 73.5 Å². The van der Waals surface area contributed by atoms with Crippen LogP contribution >= 0.6 is 11.6 Å². The molecule has 208 valence electrons. The number of carboxylic acid groups (broad SMARTS) is 1. The fourth-order valence-electron chi connectivity index (χ4n) is 5.10. The van der Waals surface area contributed by atoms with Gasteiger partial charge in [0.25, 0.3) is 5.91 Å². The summed E-state index contributed by atoms with van der Waals surface area (Å²) in [7, 11) is -3.31. The molecule has 0 heterocycles. The van der Waals surface area contributed by atoms with Crippen LogP contribution in [-0.4, -0.2) is 38.2 Å². The predicted molar refractivity (Wildman–Crippen MR) is 159 cm³/mol.